The minimum Gasteiger partial charge on any atom is -0.480 e. The number of halogens is 1. The van der Waals surface area contributed by atoms with Gasteiger partial charge in [0.25, 0.3) is 0 Å². The normalized spacial score (nSPS) is 12.3. The van der Waals surface area contributed by atoms with Crippen molar-refractivity contribution in [2.75, 3.05) is 0 Å². The molecule has 1 atom stereocenters. The van der Waals surface area contributed by atoms with E-state index in [9.17, 15) is 9.90 Å². The van der Waals surface area contributed by atoms with Crippen LogP contribution in [0.2, 0.25) is 0 Å². The smallest absolute Gasteiger partial charge is 0.321 e. The Balaban J connectivity index is 1.44. The number of aliphatic carboxylic acids is 1. The van der Waals surface area contributed by atoms with Crippen LogP contribution in [0.5, 0.6) is 0 Å². The summed E-state index contributed by atoms with van der Waals surface area (Å²) in [6.45, 7) is 0.343. The van der Waals surface area contributed by atoms with E-state index in [-0.39, 0.29) is 0 Å². The Morgan fingerprint density at radius 2 is 1.89 bits per heavy atom. The molecule has 4 rings (SSSR count). The van der Waals surface area contributed by atoms with Crippen molar-refractivity contribution in [3.05, 3.63) is 82.7 Å². The summed E-state index contributed by atoms with van der Waals surface area (Å²) in [6.07, 6.45) is 2.26. The fourth-order valence-corrected chi connectivity index (χ4v) is 3.50. The van der Waals surface area contributed by atoms with E-state index in [2.05, 4.69) is 26.2 Å². The van der Waals surface area contributed by atoms with Crippen LogP contribution < -0.4 is 5.32 Å². The van der Waals surface area contributed by atoms with Crippen molar-refractivity contribution in [1.29, 1.82) is 0 Å². The average Bonchev–Trinajstić information content (AvgIpc) is 3.33. The zero-order valence-corrected chi connectivity index (χ0v) is 16.6. The Kier molecular flexibility index (Phi) is 5.32. The molecular weight excluding hydrogens is 420 g/mol. The third kappa shape index (κ3) is 4.03. The molecule has 6 heteroatoms. The number of rotatable bonds is 7. The predicted octanol–water partition coefficient (Wildman–Crippen LogP) is 4.98. The van der Waals surface area contributed by atoms with Crippen LogP contribution in [-0.2, 0) is 17.8 Å². The fraction of sp³-hybridized carbons (Fsp3) is 0.136. The second kappa shape index (κ2) is 8.04. The number of carbonyl (C=O) groups is 1. The van der Waals surface area contributed by atoms with E-state index in [0.29, 0.717) is 18.7 Å². The highest BCUT2D eigenvalue weighted by atomic mass is 79.9. The number of hydrogen-bond acceptors (Lipinski definition) is 3. The van der Waals surface area contributed by atoms with Crippen molar-refractivity contribution in [3.8, 4) is 11.3 Å². The molecule has 2 aromatic carbocycles. The van der Waals surface area contributed by atoms with Crippen LogP contribution in [0.1, 0.15) is 11.3 Å². The number of nitrogens with one attached hydrogen (secondary N) is 2. The van der Waals surface area contributed by atoms with Gasteiger partial charge >= 0.3 is 5.97 Å². The summed E-state index contributed by atoms with van der Waals surface area (Å²) in [5, 5.41) is 13.8. The maximum Gasteiger partial charge on any atom is 0.321 e. The Bertz CT molecular complexity index is 1100. The van der Waals surface area contributed by atoms with E-state index in [1.165, 1.54) is 0 Å². The Labute approximate surface area is 170 Å². The number of fused-ring (bicyclic) bond motifs is 1. The molecular formula is C22H19BrN2O3. The minimum absolute atomic E-state index is 0.343. The molecule has 2 heterocycles. The average molecular weight is 439 g/mol. The number of carboxylic acid groups (broad SMARTS) is 1. The first-order valence-corrected chi connectivity index (χ1v) is 9.75. The quantitative estimate of drug-likeness (QED) is 0.380. The highest BCUT2D eigenvalue weighted by Gasteiger charge is 2.20. The first kappa shape index (κ1) is 18.5. The number of aromatic nitrogens is 1. The number of hydrogen-bond donors (Lipinski definition) is 3. The van der Waals surface area contributed by atoms with Gasteiger partial charge in [-0.1, -0.05) is 46.3 Å². The van der Waals surface area contributed by atoms with Crippen molar-refractivity contribution in [1.82, 2.24) is 10.3 Å². The minimum atomic E-state index is -0.884. The van der Waals surface area contributed by atoms with Crippen molar-refractivity contribution < 1.29 is 14.3 Å². The number of benzene rings is 2. The predicted molar refractivity (Wildman–Crippen MR) is 112 cm³/mol. The maximum absolute atomic E-state index is 11.7. The van der Waals surface area contributed by atoms with Crippen LogP contribution in [-0.4, -0.2) is 22.1 Å². The third-order valence-electron chi connectivity index (χ3n) is 4.71. The molecule has 5 nitrogen and oxygen atoms in total. The zero-order chi connectivity index (χ0) is 19.5. The van der Waals surface area contributed by atoms with Crippen LogP contribution >= 0.6 is 15.9 Å². The lowest BCUT2D eigenvalue weighted by atomic mass is 10.0. The maximum atomic E-state index is 11.7. The molecule has 0 amide bonds. The lowest BCUT2D eigenvalue weighted by molar-refractivity contribution is -0.139. The Morgan fingerprint density at radius 1 is 1.11 bits per heavy atom. The molecule has 0 unspecified atom stereocenters. The molecule has 142 valence electrons. The summed E-state index contributed by atoms with van der Waals surface area (Å²) in [5.74, 6) is 0.570. The Hall–Kier alpha value is -2.83. The topological polar surface area (TPSA) is 78.3 Å². The van der Waals surface area contributed by atoms with Gasteiger partial charge in [0.05, 0.1) is 6.54 Å². The summed E-state index contributed by atoms with van der Waals surface area (Å²) in [7, 11) is 0. The monoisotopic (exact) mass is 438 g/mol. The summed E-state index contributed by atoms with van der Waals surface area (Å²) < 4.78 is 6.87. The van der Waals surface area contributed by atoms with E-state index in [1.54, 1.807) is 0 Å². The van der Waals surface area contributed by atoms with Crippen molar-refractivity contribution in [3.63, 3.8) is 0 Å². The molecule has 0 aliphatic heterocycles. The summed E-state index contributed by atoms with van der Waals surface area (Å²) in [4.78, 5) is 14.9. The molecule has 0 aliphatic rings. The van der Waals surface area contributed by atoms with Crippen molar-refractivity contribution in [2.24, 2.45) is 0 Å². The third-order valence-corrected chi connectivity index (χ3v) is 5.24. The molecule has 0 saturated heterocycles. The van der Waals surface area contributed by atoms with Crippen LogP contribution in [0, 0.1) is 0 Å². The summed E-state index contributed by atoms with van der Waals surface area (Å²) >= 11 is 3.42. The highest BCUT2D eigenvalue weighted by molar-refractivity contribution is 9.10. The van der Waals surface area contributed by atoms with Crippen LogP contribution in [0.3, 0.4) is 0 Å². The molecule has 0 radical (unpaired) electrons. The van der Waals surface area contributed by atoms with Gasteiger partial charge in [-0.25, -0.2) is 0 Å². The van der Waals surface area contributed by atoms with Crippen LogP contribution in [0.15, 0.2) is 75.8 Å². The van der Waals surface area contributed by atoms with E-state index in [0.717, 1.165) is 32.3 Å². The van der Waals surface area contributed by atoms with Gasteiger partial charge < -0.3 is 14.5 Å². The fourth-order valence-electron chi connectivity index (χ4n) is 3.23. The highest BCUT2D eigenvalue weighted by Crippen LogP contribution is 2.24. The van der Waals surface area contributed by atoms with Gasteiger partial charge in [0.1, 0.15) is 17.6 Å². The van der Waals surface area contributed by atoms with Gasteiger partial charge in [-0.2, -0.15) is 0 Å². The molecule has 0 aliphatic carbocycles. The van der Waals surface area contributed by atoms with E-state index < -0.39 is 12.0 Å². The van der Waals surface area contributed by atoms with Crippen LogP contribution in [0.4, 0.5) is 0 Å². The van der Waals surface area contributed by atoms with Gasteiger partial charge in [0.15, 0.2) is 0 Å². The summed E-state index contributed by atoms with van der Waals surface area (Å²) in [6, 6.07) is 18.8. The number of furan rings is 1. The van der Waals surface area contributed by atoms with Crippen LogP contribution in [0.25, 0.3) is 22.2 Å². The zero-order valence-electron chi connectivity index (χ0n) is 15.0. The number of H-pyrrole nitrogens is 1. The SMILES string of the molecule is O=C(O)[C@@H](Cc1c[nH]c2ccccc12)NCc1ccc(-c2ccc(Br)cc2)o1. The molecule has 0 saturated carbocycles. The first-order chi connectivity index (χ1) is 13.6. The second-order valence-electron chi connectivity index (χ2n) is 6.61. The number of para-hydroxylation sites is 1. The molecule has 3 N–H and O–H groups in total. The molecule has 0 bridgehead atoms. The largest absolute Gasteiger partial charge is 0.480 e. The lowest BCUT2D eigenvalue weighted by Crippen LogP contribution is -2.37. The van der Waals surface area contributed by atoms with E-state index >= 15 is 0 Å². The molecule has 4 aromatic rings. The van der Waals surface area contributed by atoms with Gasteiger partial charge in [0, 0.05) is 33.6 Å². The van der Waals surface area contributed by atoms with E-state index in [4.69, 9.17) is 4.42 Å². The molecule has 2 aromatic heterocycles. The number of aromatic amines is 1. The lowest BCUT2D eigenvalue weighted by Gasteiger charge is -2.13. The van der Waals surface area contributed by atoms with Crippen molar-refractivity contribution >= 4 is 32.8 Å². The van der Waals surface area contributed by atoms with Gasteiger partial charge in [-0.15, -0.1) is 0 Å². The van der Waals surface area contributed by atoms with E-state index in [1.807, 2.05) is 66.9 Å². The van der Waals surface area contributed by atoms with Gasteiger partial charge in [-0.05, 0) is 35.9 Å². The standard InChI is InChI=1S/C22H19BrN2O3/c23-16-7-5-14(6-8-16)21-10-9-17(28-21)13-25-20(22(26)27)11-15-12-24-19-4-2-1-3-18(15)19/h1-10,12,20,24-25H,11,13H2,(H,26,27)/t20-/m1/s1. The summed E-state index contributed by atoms with van der Waals surface area (Å²) in [5.41, 5.74) is 2.96. The molecule has 0 spiro atoms. The first-order valence-electron chi connectivity index (χ1n) is 8.96. The van der Waals surface area contributed by atoms with Gasteiger partial charge in [-0.3, -0.25) is 10.1 Å². The van der Waals surface area contributed by atoms with Gasteiger partial charge in [0.2, 0.25) is 0 Å². The van der Waals surface area contributed by atoms with Crippen molar-refractivity contribution in [2.45, 2.75) is 19.0 Å². The second-order valence-corrected chi connectivity index (χ2v) is 7.52. The number of carboxylic acids is 1. The molecule has 0 fully saturated rings. The Morgan fingerprint density at radius 3 is 2.68 bits per heavy atom. The molecule has 28 heavy (non-hydrogen) atoms.